The van der Waals surface area contributed by atoms with Crippen LogP contribution in [0.4, 0.5) is 0 Å². The summed E-state index contributed by atoms with van der Waals surface area (Å²) in [7, 11) is 0. The van der Waals surface area contributed by atoms with Crippen molar-refractivity contribution in [3.8, 4) is 11.5 Å². The minimum Gasteiger partial charge on any atom is -0.508 e. The highest BCUT2D eigenvalue weighted by Crippen LogP contribution is 2.32. The second-order valence-electron chi connectivity index (χ2n) is 18.2. The molecule has 0 amide bonds. The molecule has 360 valence electrons. The Kier molecular flexibility index (Phi) is 42.5. The molecule has 0 heterocycles. The molecule has 0 aromatic heterocycles. The fourth-order valence-electron chi connectivity index (χ4n) is 7.99. The van der Waals surface area contributed by atoms with E-state index in [9.17, 15) is 10.2 Å². The van der Waals surface area contributed by atoms with Crippen molar-refractivity contribution in [1.29, 1.82) is 0 Å². The largest absolute Gasteiger partial charge is 0.508 e. The number of aryl methyl sites for hydroxylation is 1. The SMILES string of the molecule is CCCCCCCCCCSCc1ccc(O)c(C)c1CSCCCCCCCCCC.CCCCCCCCCSCc1cc(C)c(O)c(CSCCCCCCCCC)c1. The molecule has 2 N–H and O–H groups in total. The third kappa shape index (κ3) is 33.0. The van der Waals surface area contributed by atoms with E-state index in [1.807, 2.05) is 24.8 Å². The molecule has 62 heavy (non-hydrogen) atoms. The molecule has 0 aliphatic carbocycles. The van der Waals surface area contributed by atoms with Gasteiger partial charge in [-0.05, 0) is 96.4 Å². The van der Waals surface area contributed by atoms with Gasteiger partial charge in [0, 0.05) is 28.6 Å². The molecule has 6 heteroatoms. The van der Waals surface area contributed by atoms with Gasteiger partial charge in [0.25, 0.3) is 0 Å². The maximum Gasteiger partial charge on any atom is 0.122 e. The first-order valence-electron chi connectivity index (χ1n) is 26.3. The van der Waals surface area contributed by atoms with E-state index in [2.05, 4.69) is 88.1 Å². The van der Waals surface area contributed by atoms with Crippen LogP contribution >= 0.6 is 47.0 Å². The minimum atomic E-state index is 0.463. The van der Waals surface area contributed by atoms with Gasteiger partial charge in [-0.3, -0.25) is 0 Å². The van der Waals surface area contributed by atoms with E-state index in [0.29, 0.717) is 11.5 Å². The van der Waals surface area contributed by atoms with Crippen LogP contribution < -0.4 is 0 Å². The molecule has 0 spiro atoms. The molecule has 0 aliphatic rings. The quantitative estimate of drug-likeness (QED) is 0.0647. The van der Waals surface area contributed by atoms with Crippen molar-refractivity contribution in [2.24, 2.45) is 0 Å². The Morgan fingerprint density at radius 2 is 0.710 bits per heavy atom. The first kappa shape index (κ1) is 59.5. The van der Waals surface area contributed by atoms with Crippen LogP contribution in [-0.4, -0.2) is 33.2 Å². The predicted molar refractivity (Wildman–Crippen MR) is 292 cm³/mol. The van der Waals surface area contributed by atoms with Crippen LogP contribution in [0.1, 0.15) is 254 Å². The Bertz CT molecular complexity index is 1280. The molecule has 2 aromatic rings. The zero-order valence-electron chi connectivity index (χ0n) is 41.7. The molecule has 0 bridgehead atoms. The van der Waals surface area contributed by atoms with Gasteiger partial charge in [-0.1, -0.05) is 213 Å². The highest BCUT2D eigenvalue weighted by molar-refractivity contribution is 7.99. The van der Waals surface area contributed by atoms with Crippen molar-refractivity contribution >= 4 is 47.0 Å². The molecule has 2 rings (SSSR count). The number of benzene rings is 2. The number of unbranched alkanes of at least 4 members (excludes halogenated alkanes) is 26. The van der Waals surface area contributed by atoms with Crippen molar-refractivity contribution in [2.45, 2.75) is 257 Å². The van der Waals surface area contributed by atoms with E-state index in [1.54, 1.807) is 0 Å². The zero-order valence-corrected chi connectivity index (χ0v) is 45.0. The summed E-state index contributed by atoms with van der Waals surface area (Å²) >= 11 is 8.16. The lowest BCUT2D eigenvalue weighted by Crippen LogP contribution is -1.97. The lowest BCUT2D eigenvalue weighted by molar-refractivity contribution is 0.466. The third-order valence-electron chi connectivity index (χ3n) is 12.2. The molecule has 2 nitrogen and oxygen atoms in total. The monoisotopic (exact) mass is 933 g/mol. The van der Waals surface area contributed by atoms with E-state index in [0.717, 1.165) is 39.7 Å². The molecular weight excluding hydrogens is 833 g/mol. The van der Waals surface area contributed by atoms with Crippen LogP contribution in [0.5, 0.6) is 11.5 Å². The number of hydrogen-bond donors (Lipinski definition) is 2. The minimum absolute atomic E-state index is 0.463. The summed E-state index contributed by atoms with van der Waals surface area (Å²) in [6.07, 6.45) is 41.5. The highest BCUT2D eigenvalue weighted by atomic mass is 32.2. The number of aromatic hydroxyl groups is 2. The molecule has 0 atom stereocenters. The summed E-state index contributed by atoms with van der Waals surface area (Å²) in [5.41, 5.74) is 7.47. The summed E-state index contributed by atoms with van der Waals surface area (Å²) in [4.78, 5) is 0. The predicted octanol–water partition coefficient (Wildman–Crippen LogP) is 20.1. The molecule has 2 aromatic carbocycles. The van der Waals surface area contributed by atoms with Gasteiger partial charge >= 0.3 is 0 Å². The van der Waals surface area contributed by atoms with Crippen LogP contribution in [0.25, 0.3) is 0 Å². The molecule has 0 saturated heterocycles. The maximum absolute atomic E-state index is 10.5. The summed E-state index contributed by atoms with van der Waals surface area (Å²) in [6, 6.07) is 8.48. The van der Waals surface area contributed by atoms with Crippen molar-refractivity contribution in [3.63, 3.8) is 0 Å². The molecule has 0 unspecified atom stereocenters. The Labute approximate surface area is 404 Å². The Morgan fingerprint density at radius 3 is 1.11 bits per heavy atom. The first-order chi connectivity index (χ1) is 30.4. The lowest BCUT2D eigenvalue weighted by Gasteiger charge is -2.14. The number of phenols is 2. The van der Waals surface area contributed by atoms with Crippen molar-refractivity contribution in [2.75, 3.05) is 23.0 Å². The van der Waals surface area contributed by atoms with Crippen molar-refractivity contribution in [1.82, 2.24) is 0 Å². The van der Waals surface area contributed by atoms with Crippen LogP contribution in [-0.2, 0) is 23.0 Å². The average molecular weight is 934 g/mol. The Balaban J connectivity index is 0.000000621. The fourth-order valence-corrected chi connectivity index (χ4v) is 12.1. The number of phenolic OH excluding ortho intramolecular Hbond substituents is 2. The Morgan fingerprint density at radius 1 is 0.371 bits per heavy atom. The zero-order chi connectivity index (χ0) is 45.1. The van der Waals surface area contributed by atoms with Gasteiger partial charge in [-0.25, -0.2) is 0 Å². The average Bonchev–Trinajstić information content (AvgIpc) is 3.27. The van der Waals surface area contributed by atoms with Gasteiger partial charge in [0.05, 0.1) is 0 Å². The van der Waals surface area contributed by atoms with Crippen LogP contribution in [0, 0.1) is 13.8 Å². The second-order valence-corrected chi connectivity index (χ2v) is 22.6. The van der Waals surface area contributed by atoms with Crippen LogP contribution in [0.3, 0.4) is 0 Å². The topological polar surface area (TPSA) is 40.5 Å². The van der Waals surface area contributed by atoms with Gasteiger partial charge in [-0.2, -0.15) is 47.0 Å². The van der Waals surface area contributed by atoms with Crippen LogP contribution in [0.15, 0.2) is 24.3 Å². The number of hydrogen-bond acceptors (Lipinski definition) is 6. The summed E-state index contributed by atoms with van der Waals surface area (Å²) < 4.78 is 0. The number of rotatable bonds is 42. The van der Waals surface area contributed by atoms with Gasteiger partial charge in [0.2, 0.25) is 0 Å². The fraction of sp³-hybridized carbons (Fsp3) is 0.786. The van der Waals surface area contributed by atoms with Crippen LogP contribution in [0.2, 0.25) is 0 Å². The van der Waals surface area contributed by atoms with Gasteiger partial charge in [-0.15, -0.1) is 0 Å². The highest BCUT2D eigenvalue weighted by Gasteiger charge is 2.11. The smallest absolute Gasteiger partial charge is 0.122 e. The molecule has 0 fully saturated rings. The molecule has 0 saturated carbocycles. The normalized spacial score (nSPS) is 11.3. The molecule has 0 aliphatic heterocycles. The van der Waals surface area contributed by atoms with Gasteiger partial charge in [0.1, 0.15) is 11.5 Å². The maximum atomic E-state index is 10.5. The van der Waals surface area contributed by atoms with Gasteiger partial charge in [0.15, 0.2) is 0 Å². The van der Waals surface area contributed by atoms with E-state index in [1.165, 1.54) is 232 Å². The summed E-state index contributed by atoms with van der Waals surface area (Å²) in [6.45, 7) is 13.3. The van der Waals surface area contributed by atoms with E-state index < -0.39 is 0 Å². The molecule has 0 radical (unpaired) electrons. The van der Waals surface area contributed by atoms with E-state index >= 15 is 0 Å². The van der Waals surface area contributed by atoms with Crippen molar-refractivity contribution < 1.29 is 10.2 Å². The second kappa shape index (κ2) is 44.3. The summed E-state index contributed by atoms with van der Waals surface area (Å²) in [5.74, 6) is 10.1. The molecular formula is C56H100O2S4. The lowest BCUT2D eigenvalue weighted by atomic mass is 10.0. The van der Waals surface area contributed by atoms with E-state index in [4.69, 9.17) is 0 Å². The van der Waals surface area contributed by atoms with Gasteiger partial charge < -0.3 is 10.2 Å². The van der Waals surface area contributed by atoms with Crippen molar-refractivity contribution in [3.05, 3.63) is 57.6 Å². The third-order valence-corrected chi connectivity index (χ3v) is 16.6. The summed E-state index contributed by atoms with van der Waals surface area (Å²) in [5, 5.41) is 20.7. The standard InChI is InChI=1S/C29H52OS2.C27H48OS2/c1-4-6-8-10-12-14-16-18-22-31-24-27-20-21-29(30)26(3)28(27)25-32-23-19-17-15-13-11-9-7-5-2;1-4-6-8-10-12-14-16-18-29-22-25-20-24(3)27(28)26(21-25)23-30-19-17-15-13-11-9-7-5-2/h20-21,30H,4-19,22-25H2,1-3H3;20-21,28H,4-19,22-23H2,1-3H3. The first-order valence-corrected chi connectivity index (χ1v) is 30.9. The Hall–Kier alpha value is -0.560. The van der Waals surface area contributed by atoms with E-state index in [-0.39, 0.29) is 0 Å². The number of thioether (sulfide) groups is 4.